The van der Waals surface area contributed by atoms with Crippen molar-refractivity contribution in [3.05, 3.63) is 30.6 Å². The molecule has 0 radical (unpaired) electrons. The van der Waals surface area contributed by atoms with E-state index in [0.29, 0.717) is 11.4 Å². The molecule has 2 aromatic rings. The van der Waals surface area contributed by atoms with Gasteiger partial charge in [0.2, 0.25) is 5.91 Å². The lowest BCUT2D eigenvalue weighted by molar-refractivity contribution is -0.114. The fourth-order valence-corrected chi connectivity index (χ4v) is 1.50. The Kier molecular flexibility index (Phi) is 2.25. The summed E-state index contributed by atoms with van der Waals surface area (Å²) < 4.78 is 0. The zero-order chi connectivity index (χ0) is 10.8. The highest BCUT2D eigenvalue weighted by molar-refractivity contribution is 6.05. The molecule has 1 aromatic heterocycles. The van der Waals surface area contributed by atoms with E-state index in [2.05, 4.69) is 10.3 Å². The van der Waals surface area contributed by atoms with Crippen LogP contribution in [-0.2, 0) is 4.79 Å². The topological polar surface area (TPSA) is 68.0 Å². The van der Waals surface area contributed by atoms with Crippen LogP contribution in [0.5, 0.6) is 0 Å². The van der Waals surface area contributed by atoms with Gasteiger partial charge in [0.05, 0.1) is 11.4 Å². The van der Waals surface area contributed by atoms with E-state index in [0.717, 1.165) is 10.8 Å². The Morgan fingerprint density at radius 3 is 2.93 bits per heavy atom. The highest BCUT2D eigenvalue weighted by Crippen LogP contribution is 2.28. The molecule has 4 nitrogen and oxygen atoms in total. The summed E-state index contributed by atoms with van der Waals surface area (Å²) in [6.07, 6.45) is 3.41. The van der Waals surface area contributed by atoms with Crippen LogP contribution >= 0.6 is 0 Å². The Bertz CT molecular complexity index is 522. The fourth-order valence-electron chi connectivity index (χ4n) is 1.50. The third kappa shape index (κ3) is 1.74. The maximum Gasteiger partial charge on any atom is 0.221 e. The standard InChI is InChI=1S/C11H11N3O/c1-7(15)14-11-9-4-5-13-6-8(9)2-3-10(11)12/h2-6H,12H2,1H3,(H,14,15). The van der Waals surface area contributed by atoms with Crippen molar-refractivity contribution in [3.8, 4) is 0 Å². The highest BCUT2D eigenvalue weighted by Gasteiger charge is 2.06. The van der Waals surface area contributed by atoms with Crippen LogP contribution in [-0.4, -0.2) is 10.9 Å². The predicted molar refractivity (Wildman–Crippen MR) is 60.5 cm³/mol. The zero-order valence-electron chi connectivity index (χ0n) is 8.32. The third-order valence-corrected chi connectivity index (χ3v) is 2.15. The van der Waals surface area contributed by atoms with Crippen molar-refractivity contribution in [2.24, 2.45) is 0 Å². The first-order valence-corrected chi connectivity index (χ1v) is 4.58. The predicted octanol–water partition coefficient (Wildman–Crippen LogP) is 1.78. The number of anilines is 2. The number of carbonyl (C=O) groups is 1. The molecule has 0 fully saturated rings. The molecule has 0 unspecified atom stereocenters. The molecule has 76 valence electrons. The number of benzene rings is 1. The summed E-state index contributed by atoms with van der Waals surface area (Å²) in [5, 5.41) is 4.58. The highest BCUT2D eigenvalue weighted by atomic mass is 16.1. The van der Waals surface area contributed by atoms with Crippen LogP contribution in [0, 0.1) is 0 Å². The van der Waals surface area contributed by atoms with Crippen LogP contribution in [0.1, 0.15) is 6.92 Å². The quantitative estimate of drug-likeness (QED) is 0.691. The molecule has 1 heterocycles. The van der Waals surface area contributed by atoms with Crippen LogP contribution < -0.4 is 11.1 Å². The number of fused-ring (bicyclic) bond motifs is 1. The van der Waals surface area contributed by atoms with Gasteiger partial charge in [0, 0.05) is 30.1 Å². The first-order chi connectivity index (χ1) is 7.18. The fraction of sp³-hybridized carbons (Fsp3) is 0.0909. The molecule has 0 saturated heterocycles. The molecular weight excluding hydrogens is 190 g/mol. The van der Waals surface area contributed by atoms with E-state index in [-0.39, 0.29) is 5.91 Å². The van der Waals surface area contributed by atoms with Gasteiger partial charge in [-0.2, -0.15) is 0 Å². The minimum absolute atomic E-state index is 0.133. The molecule has 2 rings (SSSR count). The summed E-state index contributed by atoms with van der Waals surface area (Å²) in [5.41, 5.74) is 7.01. The lowest BCUT2D eigenvalue weighted by atomic mass is 10.1. The number of nitrogens with zero attached hydrogens (tertiary/aromatic N) is 1. The maximum absolute atomic E-state index is 11.0. The molecule has 0 bridgehead atoms. The molecule has 0 spiro atoms. The van der Waals surface area contributed by atoms with Gasteiger partial charge in [-0.3, -0.25) is 9.78 Å². The second kappa shape index (κ2) is 3.57. The van der Waals surface area contributed by atoms with Gasteiger partial charge < -0.3 is 11.1 Å². The smallest absolute Gasteiger partial charge is 0.221 e. The number of nitrogens with two attached hydrogens (primary N) is 1. The van der Waals surface area contributed by atoms with Crippen molar-refractivity contribution < 1.29 is 4.79 Å². The number of nitrogen functional groups attached to an aromatic ring is 1. The molecule has 4 heteroatoms. The number of hydrogen-bond donors (Lipinski definition) is 2. The Balaban J connectivity index is 2.68. The van der Waals surface area contributed by atoms with E-state index < -0.39 is 0 Å². The van der Waals surface area contributed by atoms with Crippen molar-refractivity contribution in [1.82, 2.24) is 4.98 Å². The Morgan fingerprint density at radius 2 is 2.20 bits per heavy atom. The van der Waals surface area contributed by atoms with Crippen LogP contribution in [0.4, 0.5) is 11.4 Å². The van der Waals surface area contributed by atoms with Crippen LogP contribution in [0.3, 0.4) is 0 Å². The van der Waals surface area contributed by atoms with Gasteiger partial charge in [-0.05, 0) is 12.1 Å². The van der Waals surface area contributed by atoms with E-state index in [1.54, 1.807) is 18.5 Å². The Labute approximate surface area is 87.1 Å². The van der Waals surface area contributed by atoms with Crippen molar-refractivity contribution in [2.75, 3.05) is 11.1 Å². The average Bonchev–Trinajstić information content (AvgIpc) is 2.22. The second-order valence-electron chi connectivity index (χ2n) is 3.31. The van der Waals surface area contributed by atoms with E-state index in [1.165, 1.54) is 6.92 Å². The van der Waals surface area contributed by atoms with Gasteiger partial charge in [0.1, 0.15) is 0 Å². The number of pyridine rings is 1. The SMILES string of the molecule is CC(=O)Nc1c(N)ccc2cnccc12. The monoisotopic (exact) mass is 201 g/mol. The van der Waals surface area contributed by atoms with E-state index >= 15 is 0 Å². The van der Waals surface area contributed by atoms with E-state index in [4.69, 9.17) is 5.73 Å². The first-order valence-electron chi connectivity index (χ1n) is 4.58. The van der Waals surface area contributed by atoms with E-state index in [9.17, 15) is 4.79 Å². The largest absolute Gasteiger partial charge is 0.397 e. The lowest BCUT2D eigenvalue weighted by Gasteiger charge is -2.09. The molecule has 0 aliphatic carbocycles. The van der Waals surface area contributed by atoms with Crippen LogP contribution in [0.2, 0.25) is 0 Å². The summed E-state index contributed by atoms with van der Waals surface area (Å²) in [6, 6.07) is 5.47. The molecule has 1 aromatic carbocycles. The number of carbonyl (C=O) groups excluding carboxylic acids is 1. The number of aromatic nitrogens is 1. The number of nitrogens with one attached hydrogen (secondary N) is 1. The molecule has 15 heavy (non-hydrogen) atoms. The van der Waals surface area contributed by atoms with Gasteiger partial charge in [-0.1, -0.05) is 6.07 Å². The minimum Gasteiger partial charge on any atom is -0.397 e. The molecule has 3 N–H and O–H groups in total. The summed E-state index contributed by atoms with van der Waals surface area (Å²) in [7, 11) is 0. The molecule has 0 aliphatic rings. The Morgan fingerprint density at radius 1 is 1.40 bits per heavy atom. The number of rotatable bonds is 1. The van der Waals surface area contributed by atoms with Gasteiger partial charge in [0.25, 0.3) is 0 Å². The van der Waals surface area contributed by atoms with Gasteiger partial charge >= 0.3 is 0 Å². The number of hydrogen-bond acceptors (Lipinski definition) is 3. The van der Waals surface area contributed by atoms with E-state index in [1.807, 2.05) is 12.1 Å². The van der Waals surface area contributed by atoms with Crippen molar-refractivity contribution >= 4 is 28.1 Å². The summed E-state index contributed by atoms with van der Waals surface area (Å²) in [5.74, 6) is -0.133. The molecular formula is C11H11N3O. The normalized spacial score (nSPS) is 10.2. The third-order valence-electron chi connectivity index (χ3n) is 2.15. The van der Waals surface area contributed by atoms with Gasteiger partial charge in [-0.25, -0.2) is 0 Å². The van der Waals surface area contributed by atoms with Crippen LogP contribution in [0.25, 0.3) is 10.8 Å². The summed E-state index contributed by atoms with van der Waals surface area (Å²) in [4.78, 5) is 15.0. The van der Waals surface area contributed by atoms with Gasteiger partial charge in [0.15, 0.2) is 0 Å². The molecule has 0 saturated carbocycles. The van der Waals surface area contributed by atoms with Crippen molar-refractivity contribution in [1.29, 1.82) is 0 Å². The second-order valence-corrected chi connectivity index (χ2v) is 3.31. The number of amides is 1. The molecule has 0 atom stereocenters. The molecule has 1 amide bonds. The summed E-state index contributed by atoms with van der Waals surface area (Å²) in [6.45, 7) is 1.46. The van der Waals surface area contributed by atoms with Crippen molar-refractivity contribution in [2.45, 2.75) is 6.92 Å². The lowest BCUT2D eigenvalue weighted by Crippen LogP contribution is -2.08. The summed E-state index contributed by atoms with van der Waals surface area (Å²) >= 11 is 0. The minimum atomic E-state index is -0.133. The maximum atomic E-state index is 11.0. The first kappa shape index (κ1) is 9.45. The average molecular weight is 201 g/mol. The Hall–Kier alpha value is -2.10. The van der Waals surface area contributed by atoms with Crippen LogP contribution in [0.15, 0.2) is 30.6 Å². The van der Waals surface area contributed by atoms with Gasteiger partial charge in [-0.15, -0.1) is 0 Å². The molecule has 0 aliphatic heterocycles. The van der Waals surface area contributed by atoms with Crippen molar-refractivity contribution in [3.63, 3.8) is 0 Å². The zero-order valence-corrected chi connectivity index (χ0v) is 8.32.